The molecule has 0 aliphatic heterocycles. The molecule has 138 valence electrons. The van der Waals surface area contributed by atoms with Gasteiger partial charge in [0.15, 0.2) is 5.57 Å². The fraction of sp³-hybridized carbons (Fsp3) is 0.444. The van der Waals surface area contributed by atoms with Crippen molar-refractivity contribution >= 4 is 5.71 Å². The van der Waals surface area contributed by atoms with E-state index in [4.69, 9.17) is 9.47 Å². The Kier molecular flexibility index (Phi) is 8.18. The van der Waals surface area contributed by atoms with Crippen LogP contribution < -0.4 is 0 Å². The average molecular weight is 356 g/mol. The van der Waals surface area contributed by atoms with Crippen LogP contribution in [-0.2, 0) is 9.47 Å². The van der Waals surface area contributed by atoms with Crippen LogP contribution in [0.3, 0.4) is 0 Å². The minimum atomic E-state index is -4.67. The van der Waals surface area contributed by atoms with Crippen molar-refractivity contribution in [2.24, 2.45) is 4.99 Å². The van der Waals surface area contributed by atoms with Gasteiger partial charge < -0.3 is 9.47 Å². The molecule has 0 unspecified atom stereocenters. The van der Waals surface area contributed by atoms with Crippen LogP contribution in [0.15, 0.2) is 52.7 Å². The molecular weight excluding hydrogens is 333 g/mol. The topological polar surface area (TPSA) is 43.7 Å². The largest absolute Gasteiger partial charge is 0.493 e. The molecule has 1 aromatic heterocycles. The summed E-state index contributed by atoms with van der Waals surface area (Å²) in [5, 5.41) is 0. The van der Waals surface area contributed by atoms with Crippen LogP contribution in [0.4, 0.5) is 13.2 Å². The van der Waals surface area contributed by atoms with Gasteiger partial charge in [0, 0.05) is 6.20 Å². The van der Waals surface area contributed by atoms with E-state index >= 15 is 0 Å². The summed E-state index contributed by atoms with van der Waals surface area (Å²) in [6.45, 7) is 6.69. The maximum absolute atomic E-state index is 13.7. The van der Waals surface area contributed by atoms with Gasteiger partial charge in [-0.25, -0.2) is 4.99 Å². The summed E-state index contributed by atoms with van der Waals surface area (Å²) in [4.78, 5) is 8.15. The third-order valence-electron chi connectivity index (χ3n) is 3.02. The maximum atomic E-state index is 13.7. The van der Waals surface area contributed by atoms with Gasteiger partial charge in [-0.3, -0.25) is 4.98 Å². The first-order chi connectivity index (χ1) is 11.8. The van der Waals surface area contributed by atoms with Crippen molar-refractivity contribution in [3.63, 3.8) is 0 Å². The van der Waals surface area contributed by atoms with Gasteiger partial charge >= 0.3 is 6.18 Å². The number of rotatable bonds is 8. The van der Waals surface area contributed by atoms with Crippen molar-refractivity contribution < 1.29 is 22.6 Å². The zero-order valence-electron chi connectivity index (χ0n) is 14.9. The first-order valence-corrected chi connectivity index (χ1v) is 8.09. The Morgan fingerprint density at radius 3 is 2.32 bits per heavy atom. The van der Waals surface area contributed by atoms with Crippen molar-refractivity contribution in [2.45, 2.75) is 40.3 Å². The summed E-state index contributed by atoms with van der Waals surface area (Å²) in [5.41, 5.74) is -0.231. The molecular formula is C18H23F3N2O2. The highest BCUT2D eigenvalue weighted by Gasteiger charge is 2.41. The summed E-state index contributed by atoms with van der Waals surface area (Å²) >= 11 is 0. The molecule has 0 spiro atoms. The lowest BCUT2D eigenvalue weighted by Gasteiger charge is -2.18. The molecule has 0 radical (unpaired) electrons. The van der Waals surface area contributed by atoms with Gasteiger partial charge in [-0.2, -0.15) is 13.2 Å². The molecule has 0 bridgehead atoms. The highest BCUT2D eigenvalue weighted by atomic mass is 19.4. The second kappa shape index (κ2) is 9.86. The minimum absolute atomic E-state index is 0.0411. The van der Waals surface area contributed by atoms with E-state index in [2.05, 4.69) is 9.98 Å². The number of aliphatic imine (C=N–C) groups is 1. The zero-order chi connectivity index (χ0) is 18.9. The molecule has 0 aromatic carbocycles. The van der Waals surface area contributed by atoms with Crippen LogP contribution in [0.1, 0.15) is 39.8 Å². The van der Waals surface area contributed by atoms with E-state index in [1.807, 2.05) is 0 Å². The van der Waals surface area contributed by atoms with Crippen molar-refractivity contribution in [2.75, 3.05) is 13.2 Å². The number of nitrogens with zero attached hydrogens (tertiary/aromatic N) is 2. The second-order valence-corrected chi connectivity index (χ2v) is 4.93. The lowest BCUT2D eigenvalue weighted by molar-refractivity contribution is -0.0976. The predicted molar refractivity (Wildman–Crippen MR) is 91.2 cm³/mol. The van der Waals surface area contributed by atoms with E-state index in [0.29, 0.717) is 17.8 Å². The first-order valence-electron chi connectivity index (χ1n) is 8.09. The molecule has 0 aliphatic carbocycles. The zero-order valence-corrected chi connectivity index (χ0v) is 14.9. The Labute approximate surface area is 146 Å². The number of hydrogen-bond donors (Lipinski definition) is 0. The lowest BCUT2D eigenvalue weighted by atomic mass is 10.1. The number of aromatic nitrogens is 1. The fourth-order valence-electron chi connectivity index (χ4n) is 2.02. The summed E-state index contributed by atoms with van der Waals surface area (Å²) in [7, 11) is 0. The Morgan fingerprint density at radius 2 is 1.84 bits per heavy atom. The third kappa shape index (κ3) is 6.25. The van der Waals surface area contributed by atoms with E-state index in [1.165, 1.54) is 6.08 Å². The summed E-state index contributed by atoms with van der Waals surface area (Å²) < 4.78 is 51.5. The van der Waals surface area contributed by atoms with Gasteiger partial charge in [-0.15, -0.1) is 0 Å². The SMILES string of the molecule is CC/C=C(OCC)/C(=C(\N=C(/C)c1ccccn1)OCC)C(F)(F)F. The molecule has 1 heterocycles. The molecule has 1 aromatic rings. The Morgan fingerprint density at radius 1 is 1.16 bits per heavy atom. The van der Waals surface area contributed by atoms with E-state index in [-0.39, 0.29) is 19.0 Å². The van der Waals surface area contributed by atoms with Gasteiger partial charge in [0.1, 0.15) is 5.76 Å². The summed E-state index contributed by atoms with van der Waals surface area (Å²) in [5.74, 6) is -0.801. The predicted octanol–water partition coefficient (Wildman–Crippen LogP) is 5.03. The molecule has 0 saturated carbocycles. The van der Waals surface area contributed by atoms with Crippen molar-refractivity contribution in [1.82, 2.24) is 4.98 Å². The molecule has 25 heavy (non-hydrogen) atoms. The molecule has 4 nitrogen and oxygen atoms in total. The molecule has 1 rings (SSSR count). The second-order valence-electron chi connectivity index (χ2n) is 4.93. The summed E-state index contributed by atoms with van der Waals surface area (Å²) in [6.07, 6.45) is -1.37. The van der Waals surface area contributed by atoms with E-state index < -0.39 is 17.6 Å². The van der Waals surface area contributed by atoms with Crippen LogP contribution in [0.2, 0.25) is 0 Å². The number of halogens is 3. The van der Waals surface area contributed by atoms with Gasteiger partial charge in [0.05, 0.1) is 24.6 Å². The Balaban J connectivity index is 3.55. The highest BCUT2D eigenvalue weighted by Crippen LogP contribution is 2.35. The number of allylic oxidation sites excluding steroid dienone is 2. The smallest absolute Gasteiger partial charge is 0.425 e. The molecule has 0 fully saturated rings. The first kappa shape index (κ1) is 20.7. The quantitative estimate of drug-likeness (QED) is 0.373. The number of ether oxygens (including phenoxy) is 2. The van der Waals surface area contributed by atoms with Crippen LogP contribution in [-0.4, -0.2) is 30.1 Å². The minimum Gasteiger partial charge on any atom is -0.493 e. The normalized spacial score (nSPS) is 14.2. The van der Waals surface area contributed by atoms with Crippen LogP contribution in [0, 0.1) is 0 Å². The average Bonchev–Trinajstić information content (AvgIpc) is 2.55. The van der Waals surface area contributed by atoms with Gasteiger partial charge in [0.2, 0.25) is 5.88 Å². The Hall–Kier alpha value is -2.31. The van der Waals surface area contributed by atoms with Crippen molar-refractivity contribution in [3.05, 3.63) is 53.4 Å². The lowest BCUT2D eigenvalue weighted by Crippen LogP contribution is -2.19. The van der Waals surface area contributed by atoms with E-state index in [0.717, 1.165) is 0 Å². The standard InChI is InChI=1S/C18H23F3N2O2/c1-5-10-15(24-6-2)16(18(19,20)21)17(25-7-3)23-13(4)14-11-8-9-12-22-14/h8-12H,5-7H2,1-4H3/b15-10-,17-16-,23-13+. The molecule has 0 aliphatic rings. The Bertz CT molecular complexity index is 635. The molecule has 0 N–H and O–H groups in total. The van der Waals surface area contributed by atoms with Gasteiger partial charge in [-0.1, -0.05) is 13.0 Å². The highest BCUT2D eigenvalue weighted by molar-refractivity contribution is 5.97. The maximum Gasteiger partial charge on any atom is 0.425 e. The fourth-order valence-corrected chi connectivity index (χ4v) is 2.02. The van der Waals surface area contributed by atoms with Crippen LogP contribution in [0.5, 0.6) is 0 Å². The third-order valence-corrected chi connectivity index (χ3v) is 3.02. The van der Waals surface area contributed by atoms with E-state index in [1.54, 1.807) is 52.1 Å². The molecule has 0 saturated heterocycles. The monoisotopic (exact) mass is 356 g/mol. The molecule has 0 amide bonds. The number of pyridine rings is 1. The number of hydrogen-bond acceptors (Lipinski definition) is 4. The van der Waals surface area contributed by atoms with Crippen LogP contribution >= 0.6 is 0 Å². The molecule has 0 atom stereocenters. The van der Waals surface area contributed by atoms with E-state index in [9.17, 15) is 13.2 Å². The number of alkyl halides is 3. The van der Waals surface area contributed by atoms with Crippen LogP contribution in [0.25, 0.3) is 0 Å². The van der Waals surface area contributed by atoms with Gasteiger partial charge in [-0.05, 0) is 45.4 Å². The summed E-state index contributed by atoms with van der Waals surface area (Å²) in [6, 6.07) is 5.12. The van der Waals surface area contributed by atoms with Crippen molar-refractivity contribution in [1.29, 1.82) is 0 Å². The van der Waals surface area contributed by atoms with Crippen molar-refractivity contribution in [3.8, 4) is 0 Å². The molecule has 7 heteroatoms. The van der Waals surface area contributed by atoms with Gasteiger partial charge in [0.25, 0.3) is 0 Å².